The third-order valence-electron chi connectivity index (χ3n) is 3.21. The van der Waals surface area contributed by atoms with Crippen LogP contribution in [0.4, 0.5) is 0 Å². The highest BCUT2D eigenvalue weighted by Crippen LogP contribution is 2.24. The van der Waals surface area contributed by atoms with Crippen LogP contribution in [0, 0.1) is 0 Å². The lowest BCUT2D eigenvalue weighted by molar-refractivity contribution is -0.136. The van der Waals surface area contributed by atoms with E-state index in [0.717, 1.165) is 10.6 Å². The molecule has 0 bridgehead atoms. The maximum Gasteiger partial charge on any atom is 0.309 e. The summed E-state index contributed by atoms with van der Waals surface area (Å²) in [7, 11) is 1.80. The number of hydrogen-bond acceptors (Lipinski definition) is 3. The Hall–Kier alpha value is -1.48. The summed E-state index contributed by atoms with van der Waals surface area (Å²) in [4.78, 5) is 11.7. The van der Waals surface area contributed by atoms with Crippen LogP contribution in [0.25, 0.3) is 0 Å². The molecular weight excluding hydrogens is 312 g/mol. The number of carboxylic acid groups (broad SMARTS) is 1. The molecule has 0 aromatic carbocycles. The zero-order valence-corrected chi connectivity index (χ0v) is 13.0. The van der Waals surface area contributed by atoms with Gasteiger partial charge in [0.05, 0.1) is 12.5 Å². The molecule has 0 radical (unpaired) electrons. The Morgan fingerprint density at radius 1 is 1.43 bits per heavy atom. The largest absolute Gasteiger partial charge is 0.481 e. The number of rotatable bonds is 7. The van der Waals surface area contributed by atoms with Crippen molar-refractivity contribution in [2.45, 2.75) is 18.9 Å². The first-order valence-corrected chi connectivity index (χ1v) is 8.21. The summed E-state index contributed by atoms with van der Waals surface area (Å²) in [5.41, 5.74) is 1.61. The van der Waals surface area contributed by atoms with Gasteiger partial charge in [-0.2, -0.15) is 0 Å². The van der Waals surface area contributed by atoms with E-state index in [1.165, 1.54) is 11.3 Å². The molecule has 0 aliphatic heterocycles. The third-order valence-corrected chi connectivity index (χ3v) is 4.68. The van der Waals surface area contributed by atoms with Gasteiger partial charge >= 0.3 is 5.97 Å². The van der Waals surface area contributed by atoms with Gasteiger partial charge in [0, 0.05) is 29.7 Å². The number of carbonyl (C=O) groups is 1. The summed E-state index contributed by atoms with van der Waals surface area (Å²) in [5.74, 6) is -0.882. The summed E-state index contributed by atoms with van der Waals surface area (Å²) in [6.07, 6.45) is 0.461. The van der Waals surface area contributed by atoms with Crippen LogP contribution in [0.15, 0.2) is 29.6 Å². The molecule has 0 saturated heterocycles. The number of aliphatic carboxylic acids is 1. The van der Waals surface area contributed by atoms with E-state index in [4.69, 9.17) is 9.66 Å². The van der Waals surface area contributed by atoms with Gasteiger partial charge in [0.2, 0.25) is 11.3 Å². The first kappa shape index (κ1) is 15.9. The third kappa shape index (κ3) is 4.24. The molecule has 21 heavy (non-hydrogen) atoms. The highest BCUT2D eigenvalue weighted by atomic mass is 32.2. The van der Waals surface area contributed by atoms with Gasteiger partial charge in [-0.1, -0.05) is 6.07 Å². The van der Waals surface area contributed by atoms with E-state index in [-0.39, 0.29) is 12.5 Å². The van der Waals surface area contributed by atoms with Gasteiger partial charge in [0.1, 0.15) is 0 Å². The van der Waals surface area contributed by atoms with Crippen molar-refractivity contribution >= 4 is 28.6 Å². The Bertz CT molecular complexity index is 637. The molecule has 0 aliphatic rings. The lowest BCUT2D eigenvalue weighted by Gasteiger charge is -2.16. The number of nitrogens with zero attached hydrogens (tertiary/aromatic N) is 1. The summed E-state index contributed by atoms with van der Waals surface area (Å²) >= 11 is -0.605. The maximum absolute atomic E-state index is 11.1. The van der Waals surface area contributed by atoms with E-state index in [9.17, 15) is 9.00 Å². The SMILES string of the molecule is Cn1c(CC(=O)O)ccc1CC(NS(=O)O)c1cccs1. The van der Waals surface area contributed by atoms with Crippen molar-refractivity contribution in [2.75, 3.05) is 0 Å². The Morgan fingerprint density at radius 2 is 2.14 bits per heavy atom. The lowest BCUT2D eigenvalue weighted by Crippen LogP contribution is -2.25. The minimum Gasteiger partial charge on any atom is -0.481 e. The summed E-state index contributed by atoms with van der Waals surface area (Å²) in [5, 5.41) is 10.8. The van der Waals surface area contributed by atoms with Crippen LogP contribution in [0.5, 0.6) is 0 Å². The lowest BCUT2D eigenvalue weighted by atomic mass is 10.1. The molecule has 8 heteroatoms. The molecule has 114 valence electrons. The summed E-state index contributed by atoms with van der Waals surface area (Å²) in [6, 6.07) is 7.11. The number of aromatic nitrogens is 1. The first-order chi connectivity index (χ1) is 9.97. The minimum atomic E-state index is -2.11. The Labute approximate surface area is 128 Å². The number of thiophene rings is 1. The normalized spacial score (nSPS) is 14.0. The second-order valence-corrected chi connectivity index (χ2v) is 6.30. The number of nitrogens with one attached hydrogen (secondary N) is 1. The zero-order chi connectivity index (χ0) is 15.4. The molecule has 0 saturated carbocycles. The molecule has 3 N–H and O–H groups in total. The minimum absolute atomic E-state index is 0.0421. The van der Waals surface area contributed by atoms with Crippen molar-refractivity contribution in [3.8, 4) is 0 Å². The predicted molar refractivity (Wildman–Crippen MR) is 81.4 cm³/mol. The summed E-state index contributed by atoms with van der Waals surface area (Å²) < 4.78 is 24.6. The van der Waals surface area contributed by atoms with Gasteiger partial charge in [-0.05, 0) is 23.6 Å². The molecule has 0 aliphatic carbocycles. The van der Waals surface area contributed by atoms with E-state index in [2.05, 4.69) is 4.72 Å². The van der Waals surface area contributed by atoms with Crippen molar-refractivity contribution in [3.05, 3.63) is 45.9 Å². The van der Waals surface area contributed by atoms with Crippen molar-refractivity contribution in [3.63, 3.8) is 0 Å². The predicted octanol–water partition coefficient (Wildman–Crippen LogP) is 1.72. The van der Waals surface area contributed by atoms with Gasteiger partial charge in [0.25, 0.3) is 0 Å². The first-order valence-electron chi connectivity index (χ1n) is 6.23. The van der Waals surface area contributed by atoms with Crippen molar-refractivity contribution in [2.24, 2.45) is 7.05 Å². The highest BCUT2D eigenvalue weighted by Gasteiger charge is 2.18. The fourth-order valence-electron chi connectivity index (χ4n) is 2.16. The van der Waals surface area contributed by atoms with E-state index >= 15 is 0 Å². The fourth-order valence-corrected chi connectivity index (χ4v) is 3.46. The van der Waals surface area contributed by atoms with E-state index in [1.807, 2.05) is 28.1 Å². The van der Waals surface area contributed by atoms with Crippen molar-refractivity contribution < 1.29 is 18.7 Å². The second kappa shape index (κ2) is 6.99. The smallest absolute Gasteiger partial charge is 0.309 e. The second-order valence-electron chi connectivity index (χ2n) is 4.58. The molecular formula is C13H16N2O4S2. The molecule has 2 unspecified atom stereocenters. The Morgan fingerprint density at radius 3 is 2.71 bits per heavy atom. The molecule has 6 nitrogen and oxygen atoms in total. The van der Waals surface area contributed by atoms with Crippen LogP contribution in [-0.2, 0) is 36.0 Å². The molecule has 0 spiro atoms. The Kier molecular flexibility index (Phi) is 5.29. The van der Waals surface area contributed by atoms with Crippen molar-refractivity contribution in [1.82, 2.24) is 9.29 Å². The average molecular weight is 328 g/mol. The number of hydrogen-bond donors (Lipinski definition) is 3. The van der Waals surface area contributed by atoms with Gasteiger partial charge in [-0.25, -0.2) is 8.93 Å². The molecule has 2 aromatic rings. The van der Waals surface area contributed by atoms with Gasteiger partial charge < -0.3 is 9.67 Å². The van der Waals surface area contributed by atoms with Crippen LogP contribution < -0.4 is 4.72 Å². The van der Waals surface area contributed by atoms with Crippen LogP contribution in [0.3, 0.4) is 0 Å². The quantitative estimate of drug-likeness (QED) is 0.675. The zero-order valence-electron chi connectivity index (χ0n) is 11.4. The number of carboxylic acids is 1. The van der Waals surface area contributed by atoms with Crippen LogP contribution in [-0.4, -0.2) is 24.4 Å². The van der Waals surface area contributed by atoms with Crippen LogP contribution >= 0.6 is 11.3 Å². The standard InChI is InChI=1S/C13H16N2O4S2/c1-15-9(4-5-10(15)8-13(16)17)7-11(14-21(18)19)12-3-2-6-20-12/h2-6,11,14H,7-8H2,1H3,(H,16,17)(H,18,19). The molecule has 2 atom stereocenters. The van der Waals surface area contributed by atoms with Crippen LogP contribution in [0.2, 0.25) is 0 Å². The van der Waals surface area contributed by atoms with Crippen molar-refractivity contribution in [1.29, 1.82) is 0 Å². The molecule has 2 rings (SSSR count). The van der Waals surface area contributed by atoms with E-state index < -0.39 is 17.2 Å². The topological polar surface area (TPSA) is 91.6 Å². The monoisotopic (exact) mass is 328 g/mol. The van der Waals surface area contributed by atoms with E-state index in [0.29, 0.717) is 12.1 Å². The fraction of sp³-hybridized carbons (Fsp3) is 0.308. The highest BCUT2D eigenvalue weighted by molar-refractivity contribution is 7.77. The van der Waals surface area contributed by atoms with Gasteiger partial charge in [-0.15, -0.1) is 11.3 Å². The van der Waals surface area contributed by atoms with E-state index in [1.54, 1.807) is 13.1 Å². The molecule has 2 heterocycles. The van der Waals surface area contributed by atoms with Crippen LogP contribution in [0.1, 0.15) is 22.3 Å². The van der Waals surface area contributed by atoms with Gasteiger partial charge in [0.15, 0.2) is 0 Å². The Balaban J connectivity index is 2.19. The van der Waals surface area contributed by atoms with Gasteiger partial charge in [-0.3, -0.25) is 9.35 Å². The maximum atomic E-state index is 11.1. The summed E-state index contributed by atoms with van der Waals surface area (Å²) in [6.45, 7) is 0. The molecule has 0 amide bonds. The molecule has 0 fully saturated rings. The average Bonchev–Trinajstić information content (AvgIpc) is 3.01. The molecule has 2 aromatic heterocycles.